The average molecular weight is 273 g/mol. The molecule has 0 atom stereocenters. The number of benzene rings is 2. The van der Waals surface area contributed by atoms with Gasteiger partial charge in [0.2, 0.25) is 0 Å². The Balaban J connectivity index is 2.35. The van der Waals surface area contributed by atoms with E-state index in [0.29, 0.717) is 5.69 Å². The van der Waals surface area contributed by atoms with Crippen molar-refractivity contribution in [3.63, 3.8) is 0 Å². The topological polar surface area (TPSA) is 32.5 Å². The normalized spacial score (nSPS) is 10.4. The first-order valence-electron chi connectivity index (χ1n) is 6.82. The standard InChI is InChI=1S/C16H20FN3/c1-3-19(4-2)14-11-9-13(10-12-14)15-7-5-6-8-16(15)20(17)18/h5-12H,3-4,18H2,1-2H3. The lowest BCUT2D eigenvalue weighted by molar-refractivity contribution is 0.445. The summed E-state index contributed by atoms with van der Waals surface area (Å²) in [6, 6.07) is 15.3. The van der Waals surface area contributed by atoms with Gasteiger partial charge in [-0.2, -0.15) is 0 Å². The summed E-state index contributed by atoms with van der Waals surface area (Å²) in [5.74, 6) is 5.23. The molecule has 0 spiro atoms. The van der Waals surface area contributed by atoms with Crippen molar-refractivity contribution in [2.45, 2.75) is 13.8 Å². The molecule has 106 valence electrons. The molecule has 4 heteroatoms. The molecule has 0 aromatic heterocycles. The Bertz CT molecular complexity index is 548. The van der Waals surface area contributed by atoms with E-state index in [1.54, 1.807) is 12.1 Å². The second kappa shape index (κ2) is 6.39. The lowest BCUT2D eigenvalue weighted by atomic mass is 10.0. The van der Waals surface area contributed by atoms with Crippen LogP contribution in [0.1, 0.15) is 13.8 Å². The minimum absolute atomic E-state index is 0.160. The average Bonchev–Trinajstić information content (AvgIpc) is 2.49. The van der Waals surface area contributed by atoms with Crippen molar-refractivity contribution in [2.24, 2.45) is 5.84 Å². The van der Waals surface area contributed by atoms with Crippen molar-refractivity contribution in [1.29, 1.82) is 0 Å². The zero-order valence-corrected chi connectivity index (χ0v) is 11.9. The zero-order valence-electron chi connectivity index (χ0n) is 11.9. The molecular weight excluding hydrogens is 253 g/mol. The third-order valence-electron chi connectivity index (χ3n) is 3.44. The van der Waals surface area contributed by atoms with Crippen molar-refractivity contribution in [2.75, 3.05) is 23.2 Å². The van der Waals surface area contributed by atoms with Crippen LogP contribution in [-0.2, 0) is 0 Å². The van der Waals surface area contributed by atoms with Gasteiger partial charge >= 0.3 is 0 Å². The van der Waals surface area contributed by atoms with E-state index in [0.717, 1.165) is 24.2 Å². The molecule has 20 heavy (non-hydrogen) atoms. The molecule has 2 N–H and O–H groups in total. The molecule has 0 aliphatic rings. The maximum absolute atomic E-state index is 13.3. The van der Waals surface area contributed by atoms with Crippen LogP contribution in [0.2, 0.25) is 0 Å². The van der Waals surface area contributed by atoms with Gasteiger partial charge in [-0.25, -0.2) is 5.84 Å². The van der Waals surface area contributed by atoms with Crippen LogP contribution in [0.5, 0.6) is 0 Å². The Kier molecular flexibility index (Phi) is 4.58. The van der Waals surface area contributed by atoms with Crippen molar-refractivity contribution in [1.82, 2.24) is 0 Å². The lowest BCUT2D eigenvalue weighted by Crippen LogP contribution is -2.21. The number of anilines is 2. The molecular formula is C16H20FN3. The highest BCUT2D eigenvalue weighted by Gasteiger charge is 2.09. The van der Waals surface area contributed by atoms with Gasteiger partial charge in [-0.1, -0.05) is 34.8 Å². The molecule has 0 heterocycles. The highest BCUT2D eigenvalue weighted by molar-refractivity contribution is 5.78. The summed E-state index contributed by atoms with van der Waals surface area (Å²) in [5.41, 5.74) is 3.26. The van der Waals surface area contributed by atoms with Crippen LogP contribution in [0.25, 0.3) is 11.1 Å². The number of halogens is 1. The van der Waals surface area contributed by atoms with Gasteiger partial charge in [0, 0.05) is 24.3 Å². The fourth-order valence-electron chi connectivity index (χ4n) is 2.34. The molecule has 0 aliphatic heterocycles. The van der Waals surface area contributed by atoms with E-state index in [2.05, 4.69) is 30.9 Å². The fraction of sp³-hybridized carbons (Fsp3) is 0.250. The number of nitrogens with two attached hydrogens (primary N) is 1. The largest absolute Gasteiger partial charge is 0.372 e. The Morgan fingerprint density at radius 3 is 2.10 bits per heavy atom. The molecule has 0 amide bonds. The van der Waals surface area contributed by atoms with E-state index in [4.69, 9.17) is 5.84 Å². The second-order valence-corrected chi connectivity index (χ2v) is 4.55. The minimum atomic E-state index is 0.160. The van der Waals surface area contributed by atoms with E-state index < -0.39 is 0 Å². The van der Waals surface area contributed by atoms with Crippen LogP contribution in [0.4, 0.5) is 15.9 Å². The third kappa shape index (κ3) is 2.91. The summed E-state index contributed by atoms with van der Waals surface area (Å²) >= 11 is 0. The highest BCUT2D eigenvalue weighted by Crippen LogP contribution is 2.31. The summed E-state index contributed by atoms with van der Waals surface area (Å²) in [6.45, 7) is 6.19. The van der Waals surface area contributed by atoms with Gasteiger partial charge in [0.05, 0.1) is 5.69 Å². The van der Waals surface area contributed by atoms with Crippen LogP contribution in [-0.4, -0.2) is 13.1 Å². The minimum Gasteiger partial charge on any atom is -0.372 e. The molecule has 3 nitrogen and oxygen atoms in total. The monoisotopic (exact) mass is 273 g/mol. The summed E-state index contributed by atoms with van der Waals surface area (Å²) in [5, 5.41) is 0.160. The first-order valence-corrected chi connectivity index (χ1v) is 6.82. The van der Waals surface area contributed by atoms with Gasteiger partial charge in [-0.05, 0) is 37.6 Å². The number of nitrogens with zero attached hydrogens (tertiary/aromatic N) is 2. The van der Waals surface area contributed by atoms with Crippen LogP contribution >= 0.6 is 0 Å². The number of hydrazine groups is 1. The highest BCUT2D eigenvalue weighted by atomic mass is 19.2. The zero-order chi connectivity index (χ0) is 14.5. The van der Waals surface area contributed by atoms with Gasteiger partial charge < -0.3 is 4.90 Å². The van der Waals surface area contributed by atoms with Crippen molar-refractivity contribution in [3.8, 4) is 11.1 Å². The summed E-state index contributed by atoms with van der Waals surface area (Å²) in [4.78, 5) is 2.26. The molecule has 0 saturated heterocycles. The van der Waals surface area contributed by atoms with Crippen LogP contribution in [0.3, 0.4) is 0 Å². The van der Waals surface area contributed by atoms with Gasteiger partial charge in [0.1, 0.15) is 0 Å². The quantitative estimate of drug-likeness (QED) is 0.511. The molecule has 0 saturated carbocycles. The van der Waals surface area contributed by atoms with Gasteiger partial charge in [-0.15, -0.1) is 5.23 Å². The Labute approximate surface area is 119 Å². The number of para-hydroxylation sites is 1. The third-order valence-corrected chi connectivity index (χ3v) is 3.44. The van der Waals surface area contributed by atoms with E-state index in [1.165, 1.54) is 5.69 Å². The van der Waals surface area contributed by atoms with Crippen molar-refractivity contribution >= 4 is 11.4 Å². The summed E-state index contributed by atoms with van der Waals surface area (Å²) < 4.78 is 13.3. The Morgan fingerprint density at radius 1 is 0.950 bits per heavy atom. The van der Waals surface area contributed by atoms with Crippen molar-refractivity contribution < 1.29 is 4.48 Å². The first kappa shape index (κ1) is 14.3. The van der Waals surface area contributed by atoms with Crippen molar-refractivity contribution in [3.05, 3.63) is 48.5 Å². The van der Waals surface area contributed by atoms with Gasteiger partial charge in [-0.3, -0.25) is 0 Å². The van der Waals surface area contributed by atoms with E-state index >= 15 is 0 Å². The Hall–Kier alpha value is -2.07. The molecule has 2 rings (SSSR count). The summed E-state index contributed by atoms with van der Waals surface area (Å²) in [6.07, 6.45) is 0. The van der Waals surface area contributed by atoms with Gasteiger partial charge in [0.15, 0.2) is 0 Å². The molecule has 2 aromatic rings. The van der Waals surface area contributed by atoms with Crippen LogP contribution < -0.4 is 16.0 Å². The maximum atomic E-state index is 13.3. The lowest BCUT2D eigenvalue weighted by Gasteiger charge is -2.21. The molecule has 0 aliphatic carbocycles. The number of hydrogen-bond donors (Lipinski definition) is 1. The fourth-order valence-corrected chi connectivity index (χ4v) is 2.34. The first-order chi connectivity index (χ1) is 9.67. The van der Waals surface area contributed by atoms with Gasteiger partial charge in [0.25, 0.3) is 0 Å². The van der Waals surface area contributed by atoms with E-state index in [-0.39, 0.29) is 5.23 Å². The van der Waals surface area contributed by atoms with Crippen LogP contribution in [0.15, 0.2) is 48.5 Å². The number of hydrogen-bond acceptors (Lipinski definition) is 3. The molecule has 0 unspecified atom stereocenters. The van der Waals surface area contributed by atoms with E-state index in [9.17, 15) is 4.48 Å². The maximum Gasteiger partial charge on any atom is 0.0950 e. The summed E-state index contributed by atoms with van der Waals surface area (Å²) in [7, 11) is 0. The second-order valence-electron chi connectivity index (χ2n) is 4.55. The molecule has 0 bridgehead atoms. The number of rotatable bonds is 5. The van der Waals surface area contributed by atoms with Crippen LogP contribution in [0, 0.1) is 0 Å². The smallest absolute Gasteiger partial charge is 0.0950 e. The molecule has 0 fully saturated rings. The Morgan fingerprint density at radius 2 is 1.55 bits per heavy atom. The molecule has 0 radical (unpaired) electrons. The van der Waals surface area contributed by atoms with E-state index in [1.807, 2.05) is 24.3 Å². The SMILES string of the molecule is CCN(CC)c1ccc(-c2ccccc2N(N)F)cc1. The predicted octanol–water partition coefficient (Wildman–Crippen LogP) is 3.76. The molecule has 2 aromatic carbocycles. The predicted molar refractivity (Wildman–Crippen MR) is 83.2 cm³/mol.